The number of hydrogen-bond donors (Lipinski definition) is 2. The van der Waals surface area contributed by atoms with Crippen LogP contribution < -0.4 is 15.5 Å². The fourth-order valence-electron chi connectivity index (χ4n) is 3.07. The third-order valence-electron chi connectivity index (χ3n) is 4.43. The number of halogens is 2. The fourth-order valence-corrected chi connectivity index (χ4v) is 3.07. The van der Waals surface area contributed by atoms with Gasteiger partial charge in [0, 0.05) is 11.8 Å². The second-order valence-electron chi connectivity index (χ2n) is 6.09. The van der Waals surface area contributed by atoms with Gasteiger partial charge in [0.1, 0.15) is 23.6 Å². The molecule has 5 nitrogen and oxygen atoms in total. The van der Waals surface area contributed by atoms with Crippen LogP contribution >= 0.6 is 0 Å². The number of anilines is 3. The Hall–Kier alpha value is -2.93. The average Bonchev–Trinajstić information content (AvgIpc) is 3.09. The van der Waals surface area contributed by atoms with Crippen LogP contribution in [0, 0.1) is 18.6 Å². The first-order valence-electron chi connectivity index (χ1n) is 7.89. The molecule has 4 rings (SSSR count). The van der Waals surface area contributed by atoms with Crippen molar-refractivity contribution in [1.29, 1.82) is 0 Å². The Balaban J connectivity index is 1.81. The Morgan fingerprint density at radius 1 is 1.16 bits per heavy atom. The van der Waals surface area contributed by atoms with Crippen LogP contribution in [0.1, 0.15) is 17.3 Å². The Kier molecular flexibility index (Phi) is 3.65. The van der Waals surface area contributed by atoms with Gasteiger partial charge in [0.25, 0.3) is 0 Å². The summed E-state index contributed by atoms with van der Waals surface area (Å²) in [5.74, 6) is -0.448. The van der Waals surface area contributed by atoms with Crippen LogP contribution in [0.4, 0.5) is 26.0 Å². The van der Waals surface area contributed by atoms with Crippen molar-refractivity contribution >= 4 is 17.2 Å². The molecular formula is C18H17F2N5. The van der Waals surface area contributed by atoms with Crippen molar-refractivity contribution in [2.75, 3.05) is 16.5 Å². The summed E-state index contributed by atoms with van der Waals surface area (Å²) >= 11 is 0. The Labute approximate surface area is 143 Å². The number of nitrogens with zero attached hydrogens (tertiary/aromatic N) is 3. The molecule has 25 heavy (non-hydrogen) atoms. The summed E-state index contributed by atoms with van der Waals surface area (Å²) in [7, 11) is 0. The zero-order valence-corrected chi connectivity index (χ0v) is 13.6. The van der Waals surface area contributed by atoms with Gasteiger partial charge in [-0.3, -0.25) is 5.10 Å². The van der Waals surface area contributed by atoms with E-state index in [0.29, 0.717) is 5.82 Å². The van der Waals surface area contributed by atoms with E-state index in [4.69, 9.17) is 5.73 Å². The number of benzene rings is 2. The van der Waals surface area contributed by atoms with Gasteiger partial charge in [-0.1, -0.05) is 17.7 Å². The van der Waals surface area contributed by atoms with E-state index in [1.807, 2.05) is 36.1 Å². The van der Waals surface area contributed by atoms with Crippen LogP contribution in [0.5, 0.6) is 0 Å². The molecule has 0 bridgehead atoms. The minimum Gasteiger partial charge on any atom is -0.334 e. The molecule has 1 unspecified atom stereocenters. The highest BCUT2D eigenvalue weighted by Gasteiger charge is 2.33. The molecule has 0 spiro atoms. The van der Waals surface area contributed by atoms with Crippen molar-refractivity contribution in [1.82, 2.24) is 10.2 Å². The van der Waals surface area contributed by atoms with Gasteiger partial charge in [0.05, 0.1) is 24.1 Å². The van der Waals surface area contributed by atoms with Crippen LogP contribution in [0.25, 0.3) is 0 Å². The highest BCUT2D eigenvalue weighted by Crippen LogP contribution is 2.39. The maximum Gasteiger partial charge on any atom is 0.147 e. The van der Waals surface area contributed by atoms with E-state index in [-0.39, 0.29) is 12.4 Å². The molecule has 2 aromatic carbocycles. The first-order chi connectivity index (χ1) is 12.0. The molecule has 3 aromatic rings. The molecule has 0 aliphatic carbocycles. The van der Waals surface area contributed by atoms with Crippen molar-refractivity contribution in [3.63, 3.8) is 0 Å². The van der Waals surface area contributed by atoms with E-state index >= 15 is 0 Å². The third kappa shape index (κ3) is 2.62. The van der Waals surface area contributed by atoms with Gasteiger partial charge in [-0.15, -0.1) is 0 Å². The van der Waals surface area contributed by atoms with Crippen LogP contribution in [0.15, 0.2) is 48.7 Å². The topological polar surface area (TPSA) is 61.2 Å². The van der Waals surface area contributed by atoms with Gasteiger partial charge in [0.15, 0.2) is 0 Å². The predicted molar refractivity (Wildman–Crippen MR) is 92.5 cm³/mol. The number of nitrogens with one attached hydrogen (secondary N) is 1. The van der Waals surface area contributed by atoms with Crippen molar-refractivity contribution in [3.05, 3.63) is 71.4 Å². The lowest BCUT2D eigenvalue weighted by Gasteiger charge is -2.41. The number of aromatic amines is 1. The lowest BCUT2D eigenvalue weighted by molar-refractivity contribution is 0.581. The average molecular weight is 341 g/mol. The van der Waals surface area contributed by atoms with E-state index in [1.165, 1.54) is 6.07 Å². The van der Waals surface area contributed by atoms with E-state index in [9.17, 15) is 8.78 Å². The molecule has 1 atom stereocenters. The Bertz CT molecular complexity index is 906. The smallest absolute Gasteiger partial charge is 0.147 e. The van der Waals surface area contributed by atoms with Gasteiger partial charge < -0.3 is 15.5 Å². The molecule has 1 aromatic heterocycles. The van der Waals surface area contributed by atoms with Crippen molar-refractivity contribution in [2.45, 2.75) is 13.1 Å². The molecule has 0 radical (unpaired) electrons. The molecule has 0 saturated carbocycles. The third-order valence-corrected chi connectivity index (χ3v) is 4.43. The summed E-state index contributed by atoms with van der Waals surface area (Å²) in [6.07, 6.45) is 1.18. The number of rotatable bonds is 2. The van der Waals surface area contributed by atoms with E-state index in [2.05, 4.69) is 10.2 Å². The van der Waals surface area contributed by atoms with E-state index in [1.54, 1.807) is 11.1 Å². The van der Waals surface area contributed by atoms with Crippen molar-refractivity contribution in [3.8, 4) is 0 Å². The standard InChI is InChI=1S/C18H17F2N5/c1-11-2-5-13(6-3-11)24-10-25(16-8-12(19)4-7-15(16)20)18-14(17(24)21)9-22-23-18/h2-9,17H,10,21H2,1H3,(H,22,23). The quantitative estimate of drug-likeness (QED) is 0.748. The number of nitrogens with two attached hydrogens (primary N) is 1. The zero-order valence-electron chi connectivity index (χ0n) is 13.6. The number of aromatic nitrogens is 2. The molecule has 1 aliphatic heterocycles. The Morgan fingerprint density at radius 2 is 1.92 bits per heavy atom. The summed E-state index contributed by atoms with van der Waals surface area (Å²) < 4.78 is 28.0. The zero-order chi connectivity index (χ0) is 17.6. The van der Waals surface area contributed by atoms with Crippen LogP contribution in [-0.2, 0) is 0 Å². The van der Waals surface area contributed by atoms with Crippen molar-refractivity contribution < 1.29 is 8.78 Å². The minimum atomic E-state index is -0.513. The molecule has 0 fully saturated rings. The van der Waals surface area contributed by atoms with Crippen LogP contribution in [-0.4, -0.2) is 16.9 Å². The van der Waals surface area contributed by atoms with Crippen molar-refractivity contribution in [2.24, 2.45) is 5.73 Å². The SMILES string of the molecule is Cc1ccc(N2CN(c3cc(F)ccc3F)c3[nH]ncc3C2N)cc1. The predicted octanol–water partition coefficient (Wildman–Crippen LogP) is 3.57. The molecule has 0 amide bonds. The molecule has 3 N–H and O–H groups in total. The summed E-state index contributed by atoms with van der Waals surface area (Å²) in [4.78, 5) is 3.56. The second-order valence-corrected chi connectivity index (χ2v) is 6.09. The molecule has 0 saturated heterocycles. The lowest BCUT2D eigenvalue weighted by atomic mass is 10.1. The Morgan fingerprint density at radius 3 is 2.68 bits per heavy atom. The van der Waals surface area contributed by atoms with Gasteiger partial charge in [-0.25, -0.2) is 8.78 Å². The van der Waals surface area contributed by atoms with Gasteiger partial charge >= 0.3 is 0 Å². The normalized spacial score (nSPS) is 16.9. The van der Waals surface area contributed by atoms with E-state index in [0.717, 1.165) is 28.9 Å². The largest absolute Gasteiger partial charge is 0.334 e. The first kappa shape index (κ1) is 15.6. The summed E-state index contributed by atoms with van der Waals surface area (Å²) in [5.41, 5.74) is 9.26. The summed E-state index contributed by atoms with van der Waals surface area (Å²) in [6, 6.07) is 11.3. The molecular weight excluding hydrogens is 324 g/mol. The lowest BCUT2D eigenvalue weighted by Crippen LogP contribution is -2.46. The van der Waals surface area contributed by atoms with Gasteiger partial charge in [0.2, 0.25) is 0 Å². The summed E-state index contributed by atoms with van der Waals surface area (Å²) in [5, 5.41) is 6.88. The monoisotopic (exact) mass is 341 g/mol. The van der Waals surface area contributed by atoms with Crippen LogP contribution in [0.3, 0.4) is 0 Å². The fraction of sp³-hybridized carbons (Fsp3) is 0.167. The first-order valence-corrected chi connectivity index (χ1v) is 7.89. The van der Waals surface area contributed by atoms with Gasteiger partial charge in [-0.2, -0.15) is 5.10 Å². The number of H-pyrrole nitrogens is 1. The number of aryl methyl sites for hydroxylation is 1. The second kappa shape index (κ2) is 5.86. The highest BCUT2D eigenvalue weighted by atomic mass is 19.1. The van der Waals surface area contributed by atoms with Crippen LogP contribution in [0.2, 0.25) is 0 Å². The van der Waals surface area contributed by atoms with Gasteiger partial charge in [-0.05, 0) is 31.2 Å². The molecule has 2 heterocycles. The molecule has 1 aliphatic rings. The maximum atomic E-state index is 14.3. The molecule has 128 valence electrons. The number of fused-ring (bicyclic) bond motifs is 1. The highest BCUT2D eigenvalue weighted by molar-refractivity contribution is 5.69. The molecule has 7 heteroatoms. The minimum absolute atomic E-state index is 0.134. The van der Waals surface area contributed by atoms with E-state index < -0.39 is 17.8 Å². The maximum absolute atomic E-state index is 14.3. The number of hydrogen-bond acceptors (Lipinski definition) is 4. The summed E-state index contributed by atoms with van der Waals surface area (Å²) in [6.45, 7) is 2.27.